The lowest BCUT2D eigenvalue weighted by molar-refractivity contribution is -0.164. The van der Waals surface area contributed by atoms with Gasteiger partial charge in [0.2, 0.25) is 12.0 Å². The number of aliphatic hydroxyl groups excluding tert-OH is 1. The Labute approximate surface area is 135 Å². The third-order valence-electron chi connectivity index (χ3n) is 4.70. The standard InChI is InChI=1S/C18H22O5/c19-10-12-4-6-13(7-5-12)11-22-17-9-15(14-2-1-3-14)8-16(23-17)18(20)21/h4-8,14-15,17,19H,1-3,9-11H2,(H,20,21)/t15-,17+/m0/s1. The number of carboxylic acids is 1. The van der Waals surface area contributed by atoms with Gasteiger partial charge in [0, 0.05) is 6.42 Å². The van der Waals surface area contributed by atoms with Gasteiger partial charge in [-0.25, -0.2) is 4.79 Å². The highest BCUT2D eigenvalue weighted by Crippen LogP contribution is 2.39. The Hall–Kier alpha value is -1.85. The molecule has 1 aromatic rings. The predicted molar refractivity (Wildman–Crippen MR) is 83.2 cm³/mol. The van der Waals surface area contributed by atoms with Gasteiger partial charge in [-0.15, -0.1) is 0 Å². The minimum absolute atomic E-state index is 0.00813. The first-order valence-corrected chi connectivity index (χ1v) is 8.07. The quantitative estimate of drug-likeness (QED) is 0.843. The summed E-state index contributed by atoms with van der Waals surface area (Å²) in [6, 6.07) is 7.48. The van der Waals surface area contributed by atoms with E-state index in [1.54, 1.807) is 6.08 Å². The molecule has 0 aromatic heterocycles. The van der Waals surface area contributed by atoms with Crippen molar-refractivity contribution in [3.05, 3.63) is 47.2 Å². The van der Waals surface area contributed by atoms with Crippen molar-refractivity contribution in [1.29, 1.82) is 0 Å². The molecule has 0 unspecified atom stereocenters. The van der Waals surface area contributed by atoms with Crippen molar-refractivity contribution >= 4 is 5.97 Å². The highest BCUT2D eigenvalue weighted by Gasteiger charge is 2.34. The van der Waals surface area contributed by atoms with Crippen LogP contribution < -0.4 is 0 Å². The molecule has 1 heterocycles. The van der Waals surface area contributed by atoms with Gasteiger partial charge < -0.3 is 19.7 Å². The van der Waals surface area contributed by atoms with Crippen molar-refractivity contribution in [2.75, 3.05) is 0 Å². The van der Waals surface area contributed by atoms with Crippen LogP contribution in [0.2, 0.25) is 0 Å². The molecular weight excluding hydrogens is 296 g/mol. The lowest BCUT2D eigenvalue weighted by Crippen LogP contribution is -2.32. The van der Waals surface area contributed by atoms with E-state index in [1.165, 1.54) is 6.42 Å². The molecule has 1 saturated carbocycles. The number of hydrogen-bond donors (Lipinski definition) is 2. The van der Waals surface area contributed by atoms with E-state index in [0.717, 1.165) is 24.0 Å². The molecule has 2 N–H and O–H groups in total. The molecular formula is C18H22O5. The maximum Gasteiger partial charge on any atom is 0.370 e. The summed E-state index contributed by atoms with van der Waals surface area (Å²) in [4.78, 5) is 11.2. The van der Waals surface area contributed by atoms with Gasteiger partial charge in [0.25, 0.3) is 0 Å². The first-order valence-electron chi connectivity index (χ1n) is 8.07. The summed E-state index contributed by atoms with van der Waals surface area (Å²) >= 11 is 0. The van der Waals surface area contributed by atoms with Gasteiger partial charge in [-0.1, -0.05) is 30.7 Å². The van der Waals surface area contributed by atoms with E-state index >= 15 is 0 Å². The van der Waals surface area contributed by atoms with Gasteiger partial charge in [-0.3, -0.25) is 0 Å². The lowest BCUT2D eigenvalue weighted by Gasteiger charge is -2.37. The molecule has 0 bridgehead atoms. The van der Waals surface area contributed by atoms with E-state index in [4.69, 9.17) is 14.6 Å². The van der Waals surface area contributed by atoms with Crippen LogP contribution in [-0.2, 0) is 27.5 Å². The van der Waals surface area contributed by atoms with Crippen LogP contribution in [0.1, 0.15) is 36.8 Å². The second kappa shape index (κ2) is 7.15. The van der Waals surface area contributed by atoms with Crippen molar-refractivity contribution in [2.45, 2.75) is 45.2 Å². The van der Waals surface area contributed by atoms with Crippen molar-refractivity contribution in [3.8, 4) is 0 Å². The van der Waals surface area contributed by atoms with Crippen LogP contribution in [0, 0.1) is 11.8 Å². The Bertz CT molecular complexity index is 574. The summed E-state index contributed by atoms with van der Waals surface area (Å²) in [5, 5.41) is 18.3. The molecule has 2 atom stereocenters. The van der Waals surface area contributed by atoms with Crippen LogP contribution in [0.15, 0.2) is 36.1 Å². The largest absolute Gasteiger partial charge is 0.475 e. The predicted octanol–water partition coefficient (Wildman–Crippen LogP) is 2.83. The van der Waals surface area contributed by atoms with Gasteiger partial charge in [0.05, 0.1) is 13.2 Å². The summed E-state index contributed by atoms with van der Waals surface area (Å²) < 4.78 is 11.2. The maximum absolute atomic E-state index is 11.2. The van der Waals surface area contributed by atoms with Crippen LogP contribution in [0.4, 0.5) is 0 Å². The summed E-state index contributed by atoms with van der Waals surface area (Å²) in [5.41, 5.74) is 1.82. The fourth-order valence-corrected chi connectivity index (χ4v) is 3.06. The number of carboxylic acid groups (broad SMARTS) is 1. The zero-order chi connectivity index (χ0) is 16.2. The van der Waals surface area contributed by atoms with E-state index in [9.17, 15) is 9.90 Å². The van der Waals surface area contributed by atoms with Gasteiger partial charge >= 0.3 is 5.97 Å². The number of benzene rings is 1. The molecule has 23 heavy (non-hydrogen) atoms. The van der Waals surface area contributed by atoms with E-state index < -0.39 is 12.3 Å². The van der Waals surface area contributed by atoms with Crippen LogP contribution in [0.5, 0.6) is 0 Å². The molecule has 0 amide bonds. The smallest absolute Gasteiger partial charge is 0.370 e. The summed E-state index contributed by atoms with van der Waals surface area (Å²) in [6.07, 6.45) is 5.47. The molecule has 1 fully saturated rings. The van der Waals surface area contributed by atoms with Gasteiger partial charge in [0.1, 0.15) is 0 Å². The SMILES string of the molecule is O=C(O)C1=C[C@H](C2CCC2)C[C@H](OCc2ccc(CO)cc2)O1. The topological polar surface area (TPSA) is 76.0 Å². The van der Waals surface area contributed by atoms with Gasteiger partial charge in [-0.2, -0.15) is 0 Å². The zero-order valence-electron chi connectivity index (χ0n) is 13.0. The second-order valence-corrected chi connectivity index (χ2v) is 6.26. The summed E-state index contributed by atoms with van der Waals surface area (Å²) in [7, 11) is 0. The van der Waals surface area contributed by atoms with Crippen LogP contribution in [0.25, 0.3) is 0 Å². The van der Waals surface area contributed by atoms with Crippen molar-refractivity contribution < 1.29 is 24.5 Å². The molecule has 0 spiro atoms. The van der Waals surface area contributed by atoms with Crippen molar-refractivity contribution in [3.63, 3.8) is 0 Å². The fraction of sp³-hybridized carbons (Fsp3) is 0.500. The van der Waals surface area contributed by atoms with Crippen LogP contribution >= 0.6 is 0 Å². The van der Waals surface area contributed by atoms with Gasteiger partial charge in [-0.05, 0) is 41.9 Å². The molecule has 5 nitrogen and oxygen atoms in total. The van der Waals surface area contributed by atoms with E-state index in [1.807, 2.05) is 24.3 Å². The molecule has 1 aliphatic heterocycles. The Morgan fingerprint density at radius 1 is 1.22 bits per heavy atom. The van der Waals surface area contributed by atoms with Crippen molar-refractivity contribution in [2.24, 2.45) is 11.8 Å². The molecule has 2 aliphatic rings. The molecule has 5 heteroatoms. The minimum atomic E-state index is -1.03. The Morgan fingerprint density at radius 3 is 2.48 bits per heavy atom. The number of rotatable bonds is 6. The lowest BCUT2D eigenvalue weighted by atomic mass is 9.73. The average molecular weight is 318 g/mol. The monoisotopic (exact) mass is 318 g/mol. The van der Waals surface area contributed by atoms with Crippen LogP contribution in [-0.4, -0.2) is 22.5 Å². The summed E-state index contributed by atoms with van der Waals surface area (Å²) in [6.45, 7) is 0.378. The van der Waals surface area contributed by atoms with Crippen molar-refractivity contribution in [1.82, 2.24) is 0 Å². The first-order chi connectivity index (χ1) is 11.2. The Kier molecular flexibility index (Phi) is 4.98. The number of hydrogen-bond acceptors (Lipinski definition) is 4. The highest BCUT2D eigenvalue weighted by molar-refractivity contribution is 5.84. The van der Waals surface area contributed by atoms with E-state index in [-0.39, 0.29) is 18.3 Å². The normalized spacial score (nSPS) is 24.5. The maximum atomic E-state index is 11.2. The minimum Gasteiger partial charge on any atom is -0.475 e. The first kappa shape index (κ1) is 16.0. The number of aliphatic carboxylic acids is 1. The van der Waals surface area contributed by atoms with Gasteiger partial charge in [0.15, 0.2) is 0 Å². The number of ether oxygens (including phenoxy) is 2. The second-order valence-electron chi connectivity index (χ2n) is 6.26. The van der Waals surface area contributed by atoms with Crippen LogP contribution in [0.3, 0.4) is 0 Å². The Balaban J connectivity index is 1.60. The summed E-state index contributed by atoms with van der Waals surface area (Å²) in [5.74, 6) is -0.239. The number of aliphatic hydroxyl groups is 1. The molecule has 0 radical (unpaired) electrons. The van der Waals surface area contributed by atoms with E-state index in [0.29, 0.717) is 18.9 Å². The van der Waals surface area contributed by atoms with E-state index in [2.05, 4.69) is 0 Å². The third-order valence-corrected chi connectivity index (χ3v) is 4.70. The number of allylic oxidation sites excluding steroid dienone is 1. The number of carbonyl (C=O) groups is 1. The highest BCUT2D eigenvalue weighted by atomic mass is 16.7. The Morgan fingerprint density at radius 2 is 1.91 bits per heavy atom. The average Bonchev–Trinajstić information content (AvgIpc) is 2.51. The third kappa shape index (κ3) is 3.92. The fourth-order valence-electron chi connectivity index (χ4n) is 3.06. The molecule has 1 aromatic carbocycles. The molecule has 124 valence electrons. The molecule has 1 aliphatic carbocycles. The molecule has 0 saturated heterocycles. The molecule has 3 rings (SSSR count). The zero-order valence-corrected chi connectivity index (χ0v) is 13.0.